The SMILES string of the molecule is FC(S)c1cncnc1. The minimum absolute atomic E-state index is 0.390. The Labute approximate surface area is 57.6 Å². The molecule has 0 aromatic carbocycles. The van der Waals surface area contributed by atoms with E-state index in [0.29, 0.717) is 5.56 Å². The Balaban J connectivity index is 2.85. The average Bonchev–Trinajstić information content (AvgIpc) is 1.90. The van der Waals surface area contributed by atoms with Crippen molar-refractivity contribution in [1.29, 1.82) is 0 Å². The van der Waals surface area contributed by atoms with Crippen molar-refractivity contribution < 1.29 is 4.39 Å². The van der Waals surface area contributed by atoms with Gasteiger partial charge in [-0.2, -0.15) is 0 Å². The van der Waals surface area contributed by atoms with Crippen molar-refractivity contribution in [3.63, 3.8) is 0 Å². The molecule has 0 spiro atoms. The minimum Gasteiger partial charge on any atom is -0.244 e. The number of halogens is 1. The highest BCUT2D eigenvalue weighted by atomic mass is 32.1. The monoisotopic (exact) mass is 144 g/mol. The van der Waals surface area contributed by atoms with E-state index in [1.807, 2.05) is 0 Å². The van der Waals surface area contributed by atoms with Crippen molar-refractivity contribution in [2.45, 2.75) is 5.50 Å². The van der Waals surface area contributed by atoms with Crippen molar-refractivity contribution in [3.05, 3.63) is 24.3 Å². The maximum Gasteiger partial charge on any atom is 0.171 e. The van der Waals surface area contributed by atoms with E-state index in [-0.39, 0.29) is 0 Å². The van der Waals surface area contributed by atoms with Gasteiger partial charge in [-0.25, -0.2) is 14.4 Å². The Hall–Kier alpha value is -0.640. The van der Waals surface area contributed by atoms with Crippen LogP contribution in [0.3, 0.4) is 0 Å². The van der Waals surface area contributed by atoms with Gasteiger partial charge in [-0.1, -0.05) is 0 Å². The standard InChI is InChI=1S/C5H5FN2S/c6-5(9)4-1-7-3-8-2-4/h1-3,5,9H. The highest BCUT2D eigenvalue weighted by Crippen LogP contribution is 2.17. The lowest BCUT2D eigenvalue weighted by molar-refractivity contribution is 0.470. The lowest BCUT2D eigenvalue weighted by Gasteiger charge is -1.95. The number of thiol groups is 1. The van der Waals surface area contributed by atoms with Gasteiger partial charge in [-0.05, 0) is 0 Å². The first-order chi connectivity index (χ1) is 4.30. The molecule has 9 heavy (non-hydrogen) atoms. The zero-order chi connectivity index (χ0) is 6.69. The zero-order valence-electron chi connectivity index (χ0n) is 4.53. The predicted molar refractivity (Wildman–Crippen MR) is 34.9 cm³/mol. The van der Waals surface area contributed by atoms with Crippen LogP contribution < -0.4 is 0 Å². The van der Waals surface area contributed by atoms with Crippen LogP contribution in [-0.4, -0.2) is 9.97 Å². The summed E-state index contributed by atoms with van der Waals surface area (Å²) >= 11 is 3.54. The molecule has 0 saturated heterocycles. The number of aromatic nitrogens is 2. The Morgan fingerprint density at radius 3 is 2.33 bits per heavy atom. The van der Waals surface area contributed by atoms with Crippen molar-refractivity contribution in [3.8, 4) is 0 Å². The number of hydrogen-bond donors (Lipinski definition) is 1. The van der Waals surface area contributed by atoms with E-state index in [2.05, 4.69) is 22.6 Å². The summed E-state index contributed by atoms with van der Waals surface area (Å²) in [6.45, 7) is 0. The van der Waals surface area contributed by atoms with Crippen molar-refractivity contribution in [1.82, 2.24) is 9.97 Å². The van der Waals surface area contributed by atoms with Crippen LogP contribution >= 0.6 is 12.6 Å². The van der Waals surface area contributed by atoms with Crippen LogP contribution in [0.4, 0.5) is 4.39 Å². The van der Waals surface area contributed by atoms with Gasteiger partial charge < -0.3 is 0 Å². The van der Waals surface area contributed by atoms with Crippen LogP contribution in [0.5, 0.6) is 0 Å². The number of alkyl halides is 1. The maximum atomic E-state index is 12.2. The summed E-state index contributed by atoms with van der Waals surface area (Å²) in [5, 5.41) is 0. The van der Waals surface area contributed by atoms with Gasteiger partial charge in [0.1, 0.15) is 6.33 Å². The van der Waals surface area contributed by atoms with E-state index in [4.69, 9.17) is 0 Å². The molecular weight excluding hydrogens is 139 g/mol. The van der Waals surface area contributed by atoms with Gasteiger partial charge in [0.2, 0.25) is 0 Å². The van der Waals surface area contributed by atoms with Crippen molar-refractivity contribution in [2.75, 3.05) is 0 Å². The summed E-state index contributed by atoms with van der Waals surface area (Å²) in [6, 6.07) is 0. The van der Waals surface area contributed by atoms with Gasteiger partial charge in [0, 0.05) is 18.0 Å². The first kappa shape index (κ1) is 6.48. The fourth-order valence-electron chi connectivity index (χ4n) is 0.434. The molecule has 0 bridgehead atoms. The lowest BCUT2D eigenvalue weighted by atomic mass is 10.4. The normalized spacial score (nSPS) is 13.1. The number of hydrogen-bond acceptors (Lipinski definition) is 3. The predicted octanol–water partition coefficient (Wildman–Crippen LogP) is 1.37. The molecule has 1 rings (SSSR count). The third-order valence-corrected chi connectivity index (χ3v) is 1.15. The summed E-state index contributed by atoms with van der Waals surface area (Å²) in [4.78, 5) is 7.21. The van der Waals surface area contributed by atoms with Gasteiger partial charge in [0.15, 0.2) is 5.50 Å². The molecule has 0 fully saturated rings. The molecule has 0 N–H and O–H groups in total. The van der Waals surface area contributed by atoms with E-state index < -0.39 is 5.50 Å². The highest BCUT2D eigenvalue weighted by Gasteiger charge is 2.00. The van der Waals surface area contributed by atoms with Crippen LogP contribution in [0.2, 0.25) is 0 Å². The largest absolute Gasteiger partial charge is 0.244 e. The van der Waals surface area contributed by atoms with E-state index in [1.54, 1.807) is 0 Å². The van der Waals surface area contributed by atoms with E-state index in [0.717, 1.165) is 0 Å². The van der Waals surface area contributed by atoms with E-state index in [1.165, 1.54) is 18.7 Å². The maximum absolute atomic E-state index is 12.2. The van der Waals surface area contributed by atoms with Gasteiger partial charge in [0.25, 0.3) is 0 Å². The average molecular weight is 144 g/mol. The second-order valence-electron chi connectivity index (χ2n) is 1.51. The molecule has 1 aromatic heterocycles. The summed E-state index contributed by atoms with van der Waals surface area (Å²) < 4.78 is 12.2. The van der Waals surface area contributed by atoms with Gasteiger partial charge >= 0.3 is 0 Å². The molecule has 0 amide bonds. The van der Waals surface area contributed by atoms with Crippen LogP contribution in [0, 0.1) is 0 Å². The Morgan fingerprint density at radius 2 is 2.00 bits per heavy atom. The zero-order valence-corrected chi connectivity index (χ0v) is 5.42. The molecule has 48 valence electrons. The minimum atomic E-state index is -1.27. The van der Waals surface area contributed by atoms with Gasteiger partial charge in [-0.15, -0.1) is 12.6 Å². The molecule has 0 radical (unpaired) electrons. The van der Waals surface area contributed by atoms with E-state index in [9.17, 15) is 4.39 Å². The van der Waals surface area contributed by atoms with Crippen molar-refractivity contribution in [2.24, 2.45) is 0 Å². The van der Waals surface area contributed by atoms with Crippen LogP contribution in [-0.2, 0) is 0 Å². The summed E-state index contributed by atoms with van der Waals surface area (Å²) in [5.74, 6) is 0. The van der Waals surface area contributed by atoms with Gasteiger partial charge in [0.05, 0.1) is 0 Å². The molecule has 0 aliphatic heterocycles. The molecule has 1 aromatic rings. The summed E-state index contributed by atoms with van der Waals surface area (Å²) in [5.41, 5.74) is -0.882. The number of rotatable bonds is 1. The molecule has 1 heterocycles. The fraction of sp³-hybridized carbons (Fsp3) is 0.200. The first-order valence-electron chi connectivity index (χ1n) is 2.38. The second-order valence-corrected chi connectivity index (χ2v) is 1.96. The third-order valence-electron chi connectivity index (χ3n) is 0.856. The molecule has 1 atom stereocenters. The van der Waals surface area contributed by atoms with Crippen molar-refractivity contribution >= 4 is 12.6 Å². The first-order valence-corrected chi connectivity index (χ1v) is 2.89. The van der Waals surface area contributed by atoms with Crippen LogP contribution in [0.15, 0.2) is 18.7 Å². The smallest absolute Gasteiger partial charge is 0.171 e. The highest BCUT2D eigenvalue weighted by molar-refractivity contribution is 7.80. The van der Waals surface area contributed by atoms with Crippen LogP contribution in [0.1, 0.15) is 11.1 Å². The molecule has 0 aliphatic carbocycles. The summed E-state index contributed by atoms with van der Waals surface area (Å²) in [7, 11) is 0. The second kappa shape index (κ2) is 2.77. The number of nitrogens with zero attached hydrogens (tertiary/aromatic N) is 2. The Bertz CT molecular complexity index is 178. The third kappa shape index (κ3) is 1.64. The quantitative estimate of drug-likeness (QED) is 0.602. The Kier molecular flexibility index (Phi) is 2.00. The molecular formula is C5H5FN2S. The lowest BCUT2D eigenvalue weighted by Crippen LogP contribution is -1.84. The topological polar surface area (TPSA) is 25.8 Å². The summed E-state index contributed by atoms with van der Waals surface area (Å²) in [6.07, 6.45) is 4.13. The van der Waals surface area contributed by atoms with Gasteiger partial charge in [-0.3, -0.25) is 0 Å². The molecule has 2 nitrogen and oxygen atoms in total. The molecule has 0 aliphatic rings. The molecule has 0 saturated carbocycles. The van der Waals surface area contributed by atoms with Crippen LogP contribution in [0.25, 0.3) is 0 Å². The molecule has 1 unspecified atom stereocenters. The Morgan fingerprint density at radius 1 is 1.44 bits per heavy atom. The fourth-order valence-corrected chi connectivity index (χ4v) is 0.567. The van der Waals surface area contributed by atoms with E-state index >= 15 is 0 Å². The molecule has 4 heteroatoms.